The molecule has 27 heavy (non-hydrogen) atoms. The molecule has 0 aliphatic carbocycles. The Morgan fingerprint density at radius 1 is 1.04 bits per heavy atom. The summed E-state index contributed by atoms with van der Waals surface area (Å²) in [6.07, 6.45) is 1.32. The van der Waals surface area contributed by atoms with Gasteiger partial charge in [-0.15, -0.1) is 0 Å². The van der Waals surface area contributed by atoms with E-state index in [2.05, 4.69) is 43.3 Å². The first-order chi connectivity index (χ1) is 13.0. The molecule has 142 valence electrons. The Labute approximate surface area is 161 Å². The average Bonchev–Trinajstić information content (AvgIpc) is 3.04. The van der Waals surface area contributed by atoms with Gasteiger partial charge in [0.05, 0.1) is 5.92 Å². The van der Waals surface area contributed by atoms with Crippen molar-refractivity contribution in [2.45, 2.75) is 39.8 Å². The van der Waals surface area contributed by atoms with E-state index in [0.29, 0.717) is 26.1 Å². The van der Waals surface area contributed by atoms with Crippen LogP contribution in [0, 0.1) is 12.8 Å². The van der Waals surface area contributed by atoms with Crippen LogP contribution in [-0.2, 0) is 29.1 Å². The first-order valence-electron chi connectivity index (χ1n) is 9.62. The van der Waals surface area contributed by atoms with E-state index in [1.54, 1.807) is 9.80 Å². The summed E-state index contributed by atoms with van der Waals surface area (Å²) in [7, 11) is 1.82. The molecule has 1 atom stereocenters. The number of carbonyl (C=O) groups is 2. The van der Waals surface area contributed by atoms with Crippen LogP contribution in [-0.4, -0.2) is 35.2 Å². The molecular formula is C23H28N2O2. The maximum atomic E-state index is 12.8. The number of likely N-dealkylation sites (tertiary alicyclic amines) is 1. The van der Waals surface area contributed by atoms with E-state index in [0.717, 1.165) is 17.5 Å². The molecule has 1 unspecified atom stereocenters. The number of rotatable bonds is 6. The van der Waals surface area contributed by atoms with Crippen LogP contribution in [0.15, 0.2) is 48.5 Å². The number of hydrogen-bond acceptors (Lipinski definition) is 2. The van der Waals surface area contributed by atoms with Gasteiger partial charge >= 0.3 is 0 Å². The number of nitrogens with zero attached hydrogens (tertiary/aromatic N) is 2. The third kappa shape index (κ3) is 4.76. The van der Waals surface area contributed by atoms with Crippen molar-refractivity contribution in [3.05, 3.63) is 70.8 Å². The van der Waals surface area contributed by atoms with Crippen molar-refractivity contribution < 1.29 is 9.59 Å². The Bertz CT molecular complexity index is 796. The molecule has 1 heterocycles. The molecule has 0 radical (unpaired) electrons. The molecule has 1 aliphatic heterocycles. The normalized spacial score (nSPS) is 16.6. The van der Waals surface area contributed by atoms with Crippen LogP contribution in [0.4, 0.5) is 0 Å². The van der Waals surface area contributed by atoms with E-state index in [-0.39, 0.29) is 17.7 Å². The summed E-state index contributed by atoms with van der Waals surface area (Å²) in [5.74, 6) is -0.133. The fourth-order valence-electron chi connectivity index (χ4n) is 3.55. The van der Waals surface area contributed by atoms with Crippen molar-refractivity contribution in [2.24, 2.45) is 5.92 Å². The van der Waals surface area contributed by atoms with Gasteiger partial charge < -0.3 is 9.80 Å². The minimum atomic E-state index is -0.247. The van der Waals surface area contributed by atoms with Gasteiger partial charge in [0.2, 0.25) is 11.8 Å². The Hall–Kier alpha value is -2.62. The first kappa shape index (κ1) is 19.2. The molecule has 4 heteroatoms. The zero-order chi connectivity index (χ0) is 19.4. The van der Waals surface area contributed by atoms with Crippen LogP contribution in [0.5, 0.6) is 0 Å². The Morgan fingerprint density at radius 2 is 1.63 bits per heavy atom. The maximum absolute atomic E-state index is 12.8. The number of benzene rings is 2. The molecular weight excluding hydrogens is 336 g/mol. The third-order valence-electron chi connectivity index (χ3n) is 5.28. The van der Waals surface area contributed by atoms with Gasteiger partial charge in [0.25, 0.3) is 0 Å². The highest BCUT2D eigenvalue weighted by Crippen LogP contribution is 2.23. The van der Waals surface area contributed by atoms with Gasteiger partial charge in [-0.05, 0) is 30.0 Å². The Balaban J connectivity index is 1.57. The van der Waals surface area contributed by atoms with Crippen molar-refractivity contribution in [3.63, 3.8) is 0 Å². The van der Waals surface area contributed by atoms with Crippen LogP contribution in [0.25, 0.3) is 0 Å². The van der Waals surface area contributed by atoms with Gasteiger partial charge in [0.1, 0.15) is 0 Å². The Morgan fingerprint density at radius 3 is 2.26 bits per heavy atom. The molecule has 0 saturated carbocycles. The summed E-state index contributed by atoms with van der Waals surface area (Å²) >= 11 is 0. The van der Waals surface area contributed by atoms with E-state index in [9.17, 15) is 9.59 Å². The maximum Gasteiger partial charge on any atom is 0.228 e. The summed E-state index contributed by atoms with van der Waals surface area (Å²) in [5.41, 5.74) is 4.71. The SMILES string of the molecule is CCc1ccc(CN(C)C(=O)C2CC(=O)N(Cc3ccc(C)cc3)C2)cc1. The average molecular weight is 364 g/mol. The molecule has 0 bridgehead atoms. The fraction of sp³-hybridized carbons (Fsp3) is 0.391. The predicted octanol–water partition coefficient (Wildman–Crippen LogP) is 3.56. The van der Waals surface area contributed by atoms with Gasteiger partial charge in [-0.25, -0.2) is 0 Å². The van der Waals surface area contributed by atoms with Crippen molar-refractivity contribution in [3.8, 4) is 0 Å². The molecule has 3 rings (SSSR count). The predicted molar refractivity (Wildman–Crippen MR) is 107 cm³/mol. The number of carbonyl (C=O) groups excluding carboxylic acids is 2. The topological polar surface area (TPSA) is 40.6 Å². The molecule has 0 N–H and O–H groups in total. The highest BCUT2D eigenvalue weighted by Gasteiger charge is 2.35. The minimum Gasteiger partial charge on any atom is -0.341 e. The van der Waals surface area contributed by atoms with Gasteiger partial charge in [-0.1, -0.05) is 61.0 Å². The first-order valence-corrected chi connectivity index (χ1v) is 9.62. The highest BCUT2D eigenvalue weighted by molar-refractivity contribution is 5.89. The lowest BCUT2D eigenvalue weighted by Crippen LogP contribution is -2.34. The van der Waals surface area contributed by atoms with Crippen LogP contribution >= 0.6 is 0 Å². The molecule has 1 fully saturated rings. The lowest BCUT2D eigenvalue weighted by Gasteiger charge is -2.22. The van der Waals surface area contributed by atoms with E-state index in [1.807, 2.05) is 26.1 Å². The van der Waals surface area contributed by atoms with Crippen molar-refractivity contribution >= 4 is 11.8 Å². The molecule has 0 aromatic heterocycles. The van der Waals surface area contributed by atoms with Crippen LogP contribution in [0.3, 0.4) is 0 Å². The third-order valence-corrected chi connectivity index (χ3v) is 5.28. The molecule has 2 aromatic carbocycles. The summed E-state index contributed by atoms with van der Waals surface area (Å²) in [6.45, 7) is 5.83. The van der Waals surface area contributed by atoms with Crippen molar-refractivity contribution in [1.82, 2.24) is 9.80 Å². The molecule has 4 nitrogen and oxygen atoms in total. The largest absolute Gasteiger partial charge is 0.341 e. The summed E-state index contributed by atoms with van der Waals surface area (Å²) in [5, 5.41) is 0. The van der Waals surface area contributed by atoms with Crippen molar-refractivity contribution in [2.75, 3.05) is 13.6 Å². The second-order valence-corrected chi connectivity index (χ2v) is 7.53. The zero-order valence-electron chi connectivity index (χ0n) is 16.4. The second-order valence-electron chi connectivity index (χ2n) is 7.53. The zero-order valence-corrected chi connectivity index (χ0v) is 16.4. The Kier molecular flexibility index (Phi) is 5.94. The second kappa shape index (κ2) is 8.38. The fourth-order valence-corrected chi connectivity index (χ4v) is 3.55. The van der Waals surface area contributed by atoms with E-state index < -0.39 is 0 Å². The summed E-state index contributed by atoms with van der Waals surface area (Å²) < 4.78 is 0. The number of aryl methyl sites for hydroxylation is 2. The van der Waals surface area contributed by atoms with Gasteiger partial charge in [-0.3, -0.25) is 9.59 Å². The smallest absolute Gasteiger partial charge is 0.228 e. The van der Waals surface area contributed by atoms with Gasteiger partial charge in [-0.2, -0.15) is 0 Å². The monoisotopic (exact) mass is 364 g/mol. The van der Waals surface area contributed by atoms with E-state index in [4.69, 9.17) is 0 Å². The quantitative estimate of drug-likeness (QED) is 0.786. The number of hydrogen-bond donors (Lipinski definition) is 0. The van der Waals surface area contributed by atoms with Crippen LogP contribution in [0.2, 0.25) is 0 Å². The molecule has 0 spiro atoms. The van der Waals surface area contributed by atoms with Crippen LogP contribution < -0.4 is 0 Å². The van der Waals surface area contributed by atoms with Gasteiger partial charge in [0, 0.05) is 33.1 Å². The molecule has 2 amide bonds. The summed E-state index contributed by atoms with van der Waals surface area (Å²) in [6, 6.07) is 16.6. The lowest BCUT2D eigenvalue weighted by molar-refractivity contribution is -0.135. The minimum absolute atomic E-state index is 0.0503. The van der Waals surface area contributed by atoms with Gasteiger partial charge in [0.15, 0.2) is 0 Å². The van der Waals surface area contributed by atoms with Crippen LogP contribution in [0.1, 0.15) is 35.6 Å². The standard InChI is InChI=1S/C23H28N2O2/c1-4-18-9-11-19(12-10-18)14-24(3)23(27)21-13-22(26)25(16-21)15-20-7-5-17(2)6-8-20/h5-12,21H,4,13-16H2,1-3H3. The van der Waals surface area contributed by atoms with E-state index >= 15 is 0 Å². The molecule has 1 aliphatic rings. The molecule has 2 aromatic rings. The lowest BCUT2D eigenvalue weighted by atomic mass is 10.1. The highest BCUT2D eigenvalue weighted by atomic mass is 16.2. The number of amides is 2. The van der Waals surface area contributed by atoms with E-state index in [1.165, 1.54) is 11.1 Å². The van der Waals surface area contributed by atoms with Crippen molar-refractivity contribution in [1.29, 1.82) is 0 Å². The molecule has 1 saturated heterocycles. The summed E-state index contributed by atoms with van der Waals surface area (Å²) in [4.78, 5) is 28.7.